The van der Waals surface area contributed by atoms with Gasteiger partial charge < -0.3 is 9.84 Å². The number of aromatic hydroxyl groups is 1. The highest BCUT2D eigenvalue weighted by atomic mass is 16.5. The summed E-state index contributed by atoms with van der Waals surface area (Å²) in [6.45, 7) is 4.51. The van der Waals surface area contributed by atoms with E-state index in [2.05, 4.69) is 17.5 Å². The maximum atomic E-state index is 11.7. The van der Waals surface area contributed by atoms with Crippen LogP contribution < -0.4 is 10.2 Å². The number of benzene rings is 1. The number of para-hydroxylation sites is 1. The number of rotatable bonds is 11. The van der Waals surface area contributed by atoms with Crippen molar-refractivity contribution in [3.8, 4) is 11.5 Å². The fourth-order valence-electron chi connectivity index (χ4n) is 2.21. The van der Waals surface area contributed by atoms with Crippen LogP contribution in [0.15, 0.2) is 23.3 Å². The molecule has 0 aromatic heterocycles. The predicted molar refractivity (Wildman–Crippen MR) is 93.0 cm³/mol. The summed E-state index contributed by atoms with van der Waals surface area (Å²) >= 11 is 0. The Balaban J connectivity index is 2.32. The van der Waals surface area contributed by atoms with Crippen molar-refractivity contribution >= 4 is 12.1 Å². The second-order valence-electron chi connectivity index (χ2n) is 5.44. The standard InChI is InChI=1S/C18H28N2O3/c1-3-5-6-7-8-9-13-17(21)20-19-14-15-11-10-12-16(18(15)22)23-4-2/h10-12,14,22H,3-9,13H2,1-2H3,(H,20,21). The highest BCUT2D eigenvalue weighted by Crippen LogP contribution is 2.28. The van der Waals surface area contributed by atoms with Crippen LogP contribution >= 0.6 is 0 Å². The number of hydrogen-bond donors (Lipinski definition) is 2. The predicted octanol–water partition coefficient (Wildman–Crippen LogP) is 3.99. The van der Waals surface area contributed by atoms with Gasteiger partial charge in [0, 0.05) is 12.0 Å². The molecular weight excluding hydrogens is 292 g/mol. The van der Waals surface area contributed by atoms with Crippen LogP contribution in [-0.2, 0) is 4.79 Å². The first-order chi connectivity index (χ1) is 11.2. The second-order valence-corrected chi connectivity index (χ2v) is 5.44. The lowest BCUT2D eigenvalue weighted by molar-refractivity contribution is -0.121. The number of ether oxygens (including phenoxy) is 1. The molecule has 0 spiro atoms. The zero-order valence-corrected chi connectivity index (χ0v) is 14.2. The van der Waals surface area contributed by atoms with Gasteiger partial charge in [0.05, 0.1) is 12.8 Å². The summed E-state index contributed by atoms with van der Waals surface area (Å²) in [5, 5.41) is 13.9. The maximum absolute atomic E-state index is 11.7. The number of amides is 1. The van der Waals surface area contributed by atoms with Crippen LogP contribution in [-0.4, -0.2) is 23.8 Å². The monoisotopic (exact) mass is 320 g/mol. The van der Waals surface area contributed by atoms with Gasteiger partial charge in [-0.2, -0.15) is 5.10 Å². The number of hydrogen-bond acceptors (Lipinski definition) is 4. The van der Waals surface area contributed by atoms with Crippen molar-refractivity contribution in [3.63, 3.8) is 0 Å². The molecule has 0 aliphatic rings. The first-order valence-corrected chi connectivity index (χ1v) is 8.45. The highest BCUT2D eigenvalue weighted by molar-refractivity contribution is 5.86. The van der Waals surface area contributed by atoms with Crippen molar-refractivity contribution < 1.29 is 14.6 Å². The van der Waals surface area contributed by atoms with Crippen LogP contribution in [0.5, 0.6) is 11.5 Å². The number of nitrogens with one attached hydrogen (secondary N) is 1. The molecular formula is C18H28N2O3. The Morgan fingerprint density at radius 1 is 1.22 bits per heavy atom. The fourth-order valence-corrected chi connectivity index (χ4v) is 2.21. The quantitative estimate of drug-likeness (QED) is 0.368. The van der Waals surface area contributed by atoms with Crippen molar-refractivity contribution in [2.45, 2.75) is 58.8 Å². The zero-order valence-electron chi connectivity index (χ0n) is 14.2. The normalized spacial score (nSPS) is 10.9. The molecule has 1 amide bonds. The van der Waals surface area contributed by atoms with E-state index in [1.54, 1.807) is 18.2 Å². The molecule has 23 heavy (non-hydrogen) atoms. The van der Waals surface area contributed by atoms with E-state index in [1.165, 1.54) is 31.9 Å². The van der Waals surface area contributed by atoms with E-state index in [9.17, 15) is 9.90 Å². The summed E-state index contributed by atoms with van der Waals surface area (Å²) in [6.07, 6.45) is 8.79. The van der Waals surface area contributed by atoms with Crippen molar-refractivity contribution in [1.29, 1.82) is 0 Å². The third-order valence-corrected chi connectivity index (χ3v) is 3.48. The van der Waals surface area contributed by atoms with E-state index in [-0.39, 0.29) is 11.7 Å². The summed E-state index contributed by atoms with van der Waals surface area (Å²) in [6, 6.07) is 5.17. The van der Waals surface area contributed by atoms with Crippen molar-refractivity contribution in [1.82, 2.24) is 5.43 Å². The molecule has 1 aromatic rings. The van der Waals surface area contributed by atoms with Crippen LogP contribution in [0.3, 0.4) is 0 Å². The third-order valence-electron chi connectivity index (χ3n) is 3.48. The number of nitrogens with zero attached hydrogens (tertiary/aromatic N) is 1. The average Bonchev–Trinajstić information content (AvgIpc) is 2.54. The minimum Gasteiger partial charge on any atom is -0.504 e. The molecule has 0 radical (unpaired) electrons. The van der Waals surface area contributed by atoms with Gasteiger partial charge in [-0.05, 0) is 25.5 Å². The Morgan fingerprint density at radius 3 is 2.70 bits per heavy atom. The van der Waals surface area contributed by atoms with E-state index in [0.717, 1.165) is 12.8 Å². The minimum absolute atomic E-state index is 0.0308. The van der Waals surface area contributed by atoms with E-state index in [0.29, 0.717) is 24.3 Å². The largest absolute Gasteiger partial charge is 0.504 e. The Labute approximate surface area is 138 Å². The molecule has 128 valence electrons. The Kier molecular flexibility index (Phi) is 9.52. The van der Waals surface area contributed by atoms with Crippen molar-refractivity contribution in [3.05, 3.63) is 23.8 Å². The van der Waals surface area contributed by atoms with Crippen LogP contribution in [0.2, 0.25) is 0 Å². The van der Waals surface area contributed by atoms with Crippen LogP contribution in [0, 0.1) is 0 Å². The Morgan fingerprint density at radius 2 is 1.96 bits per heavy atom. The average molecular weight is 320 g/mol. The molecule has 5 nitrogen and oxygen atoms in total. The molecule has 0 bridgehead atoms. The molecule has 2 N–H and O–H groups in total. The van der Waals surface area contributed by atoms with Gasteiger partial charge in [0.15, 0.2) is 11.5 Å². The van der Waals surface area contributed by atoms with E-state index >= 15 is 0 Å². The van der Waals surface area contributed by atoms with E-state index < -0.39 is 0 Å². The Hall–Kier alpha value is -2.04. The molecule has 0 atom stereocenters. The summed E-state index contributed by atoms with van der Waals surface area (Å²) in [4.78, 5) is 11.7. The van der Waals surface area contributed by atoms with Crippen LogP contribution in [0.4, 0.5) is 0 Å². The number of phenolic OH excluding ortho intramolecular Hbond substituents is 1. The smallest absolute Gasteiger partial charge is 0.240 e. The van der Waals surface area contributed by atoms with Gasteiger partial charge in [0.1, 0.15) is 0 Å². The third kappa shape index (κ3) is 7.68. The molecule has 0 saturated carbocycles. The van der Waals surface area contributed by atoms with Crippen molar-refractivity contribution in [2.24, 2.45) is 5.10 Å². The van der Waals surface area contributed by atoms with Crippen LogP contribution in [0.1, 0.15) is 64.4 Å². The molecule has 1 rings (SSSR count). The maximum Gasteiger partial charge on any atom is 0.240 e. The molecule has 0 fully saturated rings. The molecule has 0 heterocycles. The summed E-state index contributed by atoms with van der Waals surface area (Å²) in [5.41, 5.74) is 3.00. The molecule has 0 saturated heterocycles. The van der Waals surface area contributed by atoms with Crippen LogP contribution in [0.25, 0.3) is 0 Å². The second kappa shape index (κ2) is 11.5. The lowest BCUT2D eigenvalue weighted by Gasteiger charge is -2.07. The van der Waals surface area contributed by atoms with E-state index in [4.69, 9.17) is 4.74 Å². The number of carbonyl (C=O) groups excluding carboxylic acids is 1. The van der Waals surface area contributed by atoms with Gasteiger partial charge in [0.2, 0.25) is 5.91 Å². The fraction of sp³-hybridized carbons (Fsp3) is 0.556. The van der Waals surface area contributed by atoms with Gasteiger partial charge in [0.25, 0.3) is 0 Å². The first-order valence-electron chi connectivity index (χ1n) is 8.45. The zero-order chi connectivity index (χ0) is 16.9. The number of phenols is 1. The van der Waals surface area contributed by atoms with Gasteiger partial charge >= 0.3 is 0 Å². The van der Waals surface area contributed by atoms with E-state index in [1.807, 2.05) is 6.92 Å². The lowest BCUT2D eigenvalue weighted by atomic mass is 10.1. The molecule has 1 aromatic carbocycles. The number of carbonyl (C=O) groups is 1. The first kappa shape index (κ1) is 19.0. The highest BCUT2D eigenvalue weighted by Gasteiger charge is 2.06. The SMILES string of the molecule is CCCCCCCCC(=O)NN=Cc1cccc(OCC)c1O. The van der Waals surface area contributed by atoms with Gasteiger partial charge in [-0.25, -0.2) is 5.43 Å². The molecule has 0 aliphatic carbocycles. The topological polar surface area (TPSA) is 70.9 Å². The van der Waals surface area contributed by atoms with Crippen molar-refractivity contribution in [2.75, 3.05) is 6.61 Å². The lowest BCUT2D eigenvalue weighted by Crippen LogP contribution is -2.16. The number of hydrazone groups is 1. The summed E-state index contributed by atoms with van der Waals surface area (Å²) in [5.74, 6) is 0.343. The number of unbranched alkanes of at least 4 members (excludes halogenated alkanes) is 5. The molecule has 0 unspecified atom stereocenters. The molecule has 0 aliphatic heterocycles. The van der Waals surface area contributed by atoms with Gasteiger partial charge in [-0.1, -0.05) is 45.1 Å². The van der Waals surface area contributed by atoms with Gasteiger partial charge in [-0.15, -0.1) is 0 Å². The summed E-state index contributed by atoms with van der Waals surface area (Å²) < 4.78 is 5.30. The summed E-state index contributed by atoms with van der Waals surface area (Å²) in [7, 11) is 0. The van der Waals surface area contributed by atoms with Gasteiger partial charge in [-0.3, -0.25) is 4.79 Å². The Bertz CT molecular complexity index is 501. The molecule has 5 heteroatoms. The minimum atomic E-state index is -0.0998.